The number of carbonyl (C=O) groups excluding carboxylic acids is 1. The van der Waals surface area contributed by atoms with Crippen molar-refractivity contribution in [3.05, 3.63) is 49.2 Å². The lowest BCUT2D eigenvalue weighted by Gasteiger charge is -2.31. The number of anilines is 1. The second-order valence-electron chi connectivity index (χ2n) is 5.86. The van der Waals surface area contributed by atoms with Crippen LogP contribution < -0.4 is 4.90 Å². The van der Waals surface area contributed by atoms with E-state index in [1.807, 2.05) is 12.1 Å². The lowest BCUT2D eigenvalue weighted by Crippen LogP contribution is -2.34. The maximum atomic E-state index is 12.4. The summed E-state index contributed by atoms with van der Waals surface area (Å²) in [5.74, 6) is 1.72. The quantitative estimate of drug-likeness (QED) is 0.757. The van der Waals surface area contributed by atoms with Crippen LogP contribution in [0, 0.1) is 5.92 Å². The Bertz CT molecular complexity index is 506. The summed E-state index contributed by atoms with van der Waals surface area (Å²) in [6, 6.07) is 3.81. The molecule has 1 fully saturated rings. The molecule has 4 nitrogen and oxygen atoms in total. The van der Waals surface area contributed by atoms with Gasteiger partial charge in [-0.25, -0.2) is 4.98 Å². The fourth-order valence-electron chi connectivity index (χ4n) is 2.67. The van der Waals surface area contributed by atoms with E-state index in [2.05, 4.69) is 30.0 Å². The Labute approximate surface area is 133 Å². The molecule has 1 aliphatic rings. The molecule has 1 saturated heterocycles. The number of rotatable bonds is 6. The van der Waals surface area contributed by atoms with Crippen LogP contribution in [-0.4, -0.2) is 42.0 Å². The minimum atomic E-state index is -0.0360. The second kappa shape index (κ2) is 7.78. The average molecular weight is 299 g/mol. The fraction of sp³-hybridized carbons (Fsp3) is 0.444. The van der Waals surface area contributed by atoms with Crippen LogP contribution in [0.25, 0.3) is 0 Å². The van der Waals surface area contributed by atoms with E-state index in [1.54, 1.807) is 23.2 Å². The highest BCUT2D eigenvalue weighted by molar-refractivity contribution is 5.94. The van der Waals surface area contributed by atoms with E-state index in [0.717, 1.165) is 24.8 Å². The first-order valence-electron chi connectivity index (χ1n) is 7.87. The van der Waals surface area contributed by atoms with E-state index < -0.39 is 0 Å². The van der Waals surface area contributed by atoms with Gasteiger partial charge in [-0.3, -0.25) is 4.79 Å². The number of amides is 1. The monoisotopic (exact) mass is 299 g/mol. The van der Waals surface area contributed by atoms with Crippen LogP contribution in [0.2, 0.25) is 0 Å². The Morgan fingerprint density at radius 3 is 2.45 bits per heavy atom. The number of nitrogens with zero attached hydrogens (tertiary/aromatic N) is 3. The number of carbonyl (C=O) groups is 1. The molecule has 1 amide bonds. The third-order valence-corrected chi connectivity index (χ3v) is 4.09. The third kappa shape index (κ3) is 3.97. The predicted molar refractivity (Wildman–Crippen MR) is 91.1 cm³/mol. The first-order chi connectivity index (χ1) is 10.7. The van der Waals surface area contributed by atoms with E-state index in [4.69, 9.17) is 0 Å². The van der Waals surface area contributed by atoms with Crippen molar-refractivity contribution in [3.8, 4) is 0 Å². The summed E-state index contributed by atoms with van der Waals surface area (Å²) in [7, 11) is 0. The van der Waals surface area contributed by atoms with Gasteiger partial charge in [0.25, 0.3) is 5.91 Å². The van der Waals surface area contributed by atoms with Gasteiger partial charge in [0.15, 0.2) is 0 Å². The molecular weight excluding hydrogens is 274 g/mol. The van der Waals surface area contributed by atoms with Crippen LogP contribution in [0.3, 0.4) is 0 Å². The molecule has 1 aromatic heterocycles. The highest BCUT2D eigenvalue weighted by Gasteiger charge is 2.18. The minimum Gasteiger partial charge on any atom is -0.357 e. The molecular formula is C18H25N3O. The molecule has 22 heavy (non-hydrogen) atoms. The van der Waals surface area contributed by atoms with Crippen LogP contribution >= 0.6 is 0 Å². The van der Waals surface area contributed by atoms with Gasteiger partial charge < -0.3 is 9.80 Å². The number of pyridine rings is 1. The van der Waals surface area contributed by atoms with Gasteiger partial charge >= 0.3 is 0 Å². The lowest BCUT2D eigenvalue weighted by molar-refractivity contribution is 0.0790. The molecule has 0 saturated carbocycles. The molecule has 1 aliphatic heterocycles. The molecule has 0 bridgehead atoms. The molecule has 118 valence electrons. The summed E-state index contributed by atoms with van der Waals surface area (Å²) in [6.45, 7) is 12.8. The van der Waals surface area contributed by atoms with Crippen molar-refractivity contribution in [1.29, 1.82) is 0 Å². The Kier molecular flexibility index (Phi) is 5.75. The zero-order valence-electron chi connectivity index (χ0n) is 13.4. The number of hydrogen-bond donors (Lipinski definition) is 0. The van der Waals surface area contributed by atoms with Crippen molar-refractivity contribution in [2.45, 2.75) is 19.8 Å². The Morgan fingerprint density at radius 2 is 1.95 bits per heavy atom. The van der Waals surface area contributed by atoms with Crippen LogP contribution in [0.1, 0.15) is 30.1 Å². The second-order valence-corrected chi connectivity index (χ2v) is 5.86. The summed E-state index contributed by atoms with van der Waals surface area (Å²) >= 11 is 0. The van der Waals surface area contributed by atoms with Gasteiger partial charge in [-0.05, 0) is 30.9 Å². The van der Waals surface area contributed by atoms with E-state index in [9.17, 15) is 4.79 Å². The molecule has 0 atom stereocenters. The van der Waals surface area contributed by atoms with Gasteiger partial charge in [-0.15, -0.1) is 13.2 Å². The van der Waals surface area contributed by atoms with E-state index in [0.29, 0.717) is 18.7 Å². The molecule has 0 spiro atoms. The van der Waals surface area contributed by atoms with Gasteiger partial charge in [-0.2, -0.15) is 0 Å². The van der Waals surface area contributed by atoms with E-state index in [-0.39, 0.29) is 5.91 Å². The molecule has 0 aliphatic carbocycles. The maximum Gasteiger partial charge on any atom is 0.255 e. The summed E-state index contributed by atoms with van der Waals surface area (Å²) in [4.78, 5) is 20.9. The first-order valence-corrected chi connectivity index (χ1v) is 7.87. The van der Waals surface area contributed by atoms with Crippen molar-refractivity contribution in [2.24, 2.45) is 5.92 Å². The average Bonchev–Trinajstić information content (AvgIpc) is 2.55. The third-order valence-electron chi connectivity index (χ3n) is 4.09. The maximum absolute atomic E-state index is 12.4. The first kappa shape index (κ1) is 16.3. The van der Waals surface area contributed by atoms with Gasteiger partial charge in [0.05, 0.1) is 5.56 Å². The van der Waals surface area contributed by atoms with Crippen LogP contribution in [0.4, 0.5) is 5.82 Å². The Balaban J connectivity index is 2.05. The van der Waals surface area contributed by atoms with E-state index >= 15 is 0 Å². The van der Waals surface area contributed by atoms with Crippen molar-refractivity contribution in [2.75, 3.05) is 31.1 Å². The minimum absolute atomic E-state index is 0.0360. The molecule has 0 radical (unpaired) electrons. The summed E-state index contributed by atoms with van der Waals surface area (Å²) in [6.07, 6.45) is 7.52. The predicted octanol–water partition coefficient (Wildman–Crippen LogP) is 3.13. The standard InChI is InChI=1S/C18H25N3O/c1-4-10-21(11-5-2)18(22)16-6-7-17(19-14-16)20-12-8-15(3)9-13-20/h4-7,14-15H,1-2,8-13H2,3H3. The number of aromatic nitrogens is 1. The fourth-order valence-corrected chi connectivity index (χ4v) is 2.67. The number of hydrogen-bond acceptors (Lipinski definition) is 3. The smallest absolute Gasteiger partial charge is 0.255 e. The topological polar surface area (TPSA) is 36.4 Å². The molecule has 0 unspecified atom stereocenters. The molecule has 0 aromatic carbocycles. The lowest BCUT2D eigenvalue weighted by atomic mass is 9.99. The van der Waals surface area contributed by atoms with Crippen molar-refractivity contribution in [1.82, 2.24) is 9.88 Å². The zero-order valence-corrected chi connectivity index (χ0v) is 13.4. The highest BCUT2D eigenvalue weighted by Crippen LogP contribution is 2.21. The van der Waals surface area contributed by atoms with Gasteiger partial charge in [0.1, 0.15) is 5.82 Å². The van der Waals surface area contributed by atoms with Crippen LogP contribution in [0.5, 0.6) is 0 Å². The van der Waals surface area contributed by atoms with Gasteiger partial charge in [0.2, 0.25) is 0 Å². The normalized spacial score (nSPS) is 15.4. The largest absolute Gasteiger partial charge is 0.357 e. The SMILES string of the molecule is C=CCN(CC=C)C(=O)c1ccc(N2CCC(C)CC2)nc1. The number of piperidine rings is 1. The van der Waals surface area contributed by atoms with Crippen molar-refractivity contribution < 1.29 is 4.79 Å². The van der Waals surface area contributed by atoms with Crippen LogP contribution in [0.15, 0.2) is 43.6 Å². The Hall–Kier alpha value is -2.10. The zero-order chi connectivity index (χ0) is 15.9. The van der Waals surface area contributed by atoms with Crippen molar-refractivity contribution in [3.63, 3.8) is 0 Å². The molecule has 0 N–H and O–H groups in total. The summed E-state index contributed by atoms with van der Waals surface area (Å²) in [5, 5.41) is 0. The Morgan fingerprint density at radius 1 is 1.32 bits per heavy atom. The highest BCUT2D eigenvalue weighted by atomic mass is 16.2. The molecule has 4 heteroatoms. The van der Waals surface area contributed by atoms with E-state index in [1.165, 1.54) is 12.8 Å². The molecule has 2 rings (SSSR count). The molecule has 2 heterocycles. The van der Waals surface area contributed by atoms with Gasteiger partial charge in [-0.1, -0.05) is 19.1 Å². The van der Waals surface area contributed by atoms with Crippen molar-refractivity contribution >= 4 is 11.7 Å². The van der Waals surface area contributed by atoms with Gasteiger partial charge in [0, 0.05) is 32.4 Å². The summed E-state index contributed by atoms with van der Waals surface area (Å²) < 4.78 is 0. The summed E-state index contributed by atoms with van der Waals surface area (Å²) in [5.41, 5.74) is 0.609. The molecule has 1 aromatic rings. The van der Waals surface area contributed by atoms with Crippen LogP contribution in [-0.2, 0) is 0 Å².